The summed E-state index contributed by atoms with van der Waals surface area (Å²) in [6.07, 6.45) is 9.24. The molecule has 1 heteroatoms. The van der Waals surface area contributed by atoms with Crippen LogP contribution in [0.4, 0.5) is 0 Å². The quantitative estimate of drug-likeness (QED) is 0.464. The number of unbranched alkanes of at least 4 members (excludes halogenated alkanes) is 1. The monoisotopic (exact) mass is 300 g/mol. The van der Waals surface area contributed by atoms with Crippen molar-refractivity contribution in [2.24, 2.45) is 5.92 Å². The fourth-order valence-corrected chi connectivity index (χ4v) is 2.33. The second-order valence-electron chi connectivity index (χ2n) is 6.37. The van der Waals surface area contributed by atoms with Crippen LogP contribution in [0.1, 0.15) is 65.9 Å². The number of benzene rings is 1. The molecule has 0 bridgehead atoms. The van der Waals surface area contributed by atoms with Crippen LogP contribution >= 0.6 is 0 Å². The van der Waals surface area contributed by atoms with E-state index in [1.54, 1.807) is 0 Å². The Bertz CT molecular complexity index is 475. The van der Waals surface area contributed by atoms with E-state index < -0.39 is 0 Å². The van der Waals surface area contributed by atoms with E-state index in [2.05, 4.69) is 71.0 Å². The van der Waals surface area contributed by atoms with Gasteiger partial charge in [0.05, 0.1) is 6.61 Å². The van der Waals surface area contributed by atoms with E-state index in [9.17, 15) is 0 Å². The number of rotatable bonds is 9. The summed E-state index contributed by atoms with van der Waals surface area (Å²) in [5, 5.41) is 0. The summed E-state index contributed by atoms with van der Waals surface area (Å²) in [4.78, 5) is 0. The lowest BCUT2D eigenvalue weighted by molar-refractivity contribution is 0.250. The van der Waals surface area contributed by atoms with E-state index in [1.165, 1.54) is 36.0 Å². The third-order valence-electron chi connectivity index (χ3n) is 3.81. The zero-order chi connectivity index (χ0) is 16.4. The standard InChI is InChI=1S/C21H32O/c1-6-8-9-18(5)16-22-21-14-12-20(13-15-21)19(7-2)11-10-17(3)4/h10-15,18H,6-9,16H2,1-5H3/b19-11+. The topological polar surface area (TPSA) is 9.23 Å². The maximum atomic E-state index is 5.90. The van der Waals surface area contributed by atoms with Gasteiger partial charge in [-0.15, -0.1) is 0 Å². The van der Waals surface area contributed by atoms with Crippen LogP contribution in [0.25, 0.3) is 5.57 Å². The van der Waals surface area contributed by atoms with Gasteiger partial charge < -0.3 is 4.74 Å². The predicted octanol–water partition coefficient (Wildman–Crippen LogP) is 6.65. The molecule has 0 radical (unpaired) electrons. The van der Waals surface area contributed by atoms with Crippen LogP contribution in [0.3, 0.4) is 0 Å². The fraction of sp³-hybridized carbons (Fsp3) is 0.524. The molecule has 0 heterocycles. The second kappa shape index (κ2) is 10.3. The average Bonchev–Trinajstić information content (AvgIpc) is 2.52. The maximum Gasteiger partial charge on any atom is 0.119 e. The molecule has 1 nitrogen and oxygen atoms in total. The third kappa shape index (κ3) is 6.98. The van der Waals surface area contributed by atoms with Gasteiger partial charge in [-0.1, -0.05) is 63.5 Å². The SMILES string of the molecule is CCCCC(C)COc1ccc(/C(=C/C=C(C)C)CC)cc1. The highest BCUT2D eigenvalue weighted by Gasteiger charge is 2.04. The molecular weight excluding hydrogens is 268 g/mol. The Morgan fingerprint density at radius 1 is 1.09 bits per heavy atom. The summed E-state index contributed by atoms with van der Waals surface area (Å²) < 4.78 is 5.90. The first-order chi connectivity index (χ1) is 10.6. The van der Waals surface area contributed by atoms with E-state index in [1.807, 2.05) is 0 Å². The normalized spacial score (nSPS) is 12.9. The van der Waals surface area contributed by atoms with Crippen LogP contribution in [0.15, 0.2) is 42.0 Å². The van der Waals surface area contributed by atoms with Crippen molar-refractivity contribution in [1.82, 2.24) is 0 Å². The molecule has 0 N–H and O–H groups in total. The molecule has 0 aliphatic heterocycles. The zero-order valence-corrected chi connectivity index (χ0v) is 15.0. The van der Waals surface area contributed by atoms with Crippen LogP contribution in [-0.4, -0.2) is 6.61 Å². The van der Waals surface area contributed by atoms with Crippen LogP contribution in [-0.2, 0) is 0 Å². The van der Waals surface area contributed by atoms with Gasteiger partial charge in [-0.05, 0) is 55.9 Å². The van der Waals surface area contributed by atoms with E-state index in [-0.39, 0.29) is 0 Å². The Hall–Kier alpha value is -1.50. The minimum Gasteiger partial charge on any atom is -0.493 e. The lowest BCUT2D eigenvalue weighted by Crippen LogP contribution is -2.08. The Labute approximate surface area is 137 Å². The van der Waals surface area contributed by atoms with Gasteiger partial charge in [0, 0.05) is 0 Å². The van der Waals surface area contributed by atoms with E-state index in [0.717, 1.165) is 18.8 Å². The summed E-state index contributed by atoms with van der Waals surface area (Å²) >= 11 is 0. The third-order valence-corrected chi connectivity index (χ3v) is 3.81. The number of allylic oxidation sites excluding steroid dienone is 4. The minimum atomic E-state index is 0.628. The molecule has 1 rings (SSSR count). The van der Waals surface area contributed by atoms with Crippen LogP contribution < -0.4 is 4.74 Å². The van der Waals surface area contributed by atoms with E-state index in [4.69, 9.17) is 4.74 Å². The molecule has 0 fully saturated rings. The Kier molecular flexibility index (Phi) is 8.65. The van der Waals surface area contributed by atoms with Gasteiger partial charge in [0.25, 0.3) is 0 Å². The molecule has 0 aliphatic rings. The molecule has 122 valence electrons. The van der Waals surface area contributed by atoms with Gasteiger partial charge in [-0.25, -0.2) is 0 Å². The molecule has 22 heavy (non-hydrogen) atoms. The van der Waals surface area contributed by atoms with Gasteiger partial charge in [0.2, 0.25) is 0 Å². The smallest absolute Gasteiger partial charge is 0.119 e. The lowest BCUT2D eigenvalue weighted by atomic mass is 10.0. The highest BCUT2D eigenvalue weighted by atomic mass is 16.5. The number of hydrogen-bond donors (Lipinski definition) is 0. The Balaban J connectivity index is 2.62. The van der Waals surface area contributed by atoms with Crippen molar-refractivity contribution >= 4 is 5.57 Å². The van der Waals surface area contributed by atoms with Gasteiger partial charge in [-0.2, -0.15) is 0 Å². The molecule has 0 amide bonds. The second-order valence-corrected chi connectivity index (χ2v) is 6.37. The van der Waals surface area contributed by atoms with E-state index >= 15 is 0 Å². The molecule has 1 aromatic carbocycles. The van der Waals surface area contributed by atoms with Gasteiger partial charge in [0.1, 0.15) is 5.75 Å². The van der Waals surface area contributed by atoms with Crippen molar-refractivity contribution in [1.29, 1.82) is 0 Å². The Morgan fingerprint density at radius 2 is 1.77 bits per heavy atom. The largest absolute Gasteiger partial charge is 0.493 e. The van der Waals surface area contributed by atoms with E-state index in [0.29, 0.717) is 5.92 Å². The first-order valence-electron chi connectivity index (χ1n) is 8.64. The van der Waals surface area contributed by atoms with Crippen LogP contribution in [0.5, 0.6) is 5.75 Å². The minimum absolute atomic E-state index is 0.628. The zero-order valence-electron chi connectivity index (χ0n) is 15.0. The summed E-state index contributed by atoms with van der Waals surface area (Å²) in [7, 11) is 0. The van der Waals surface area contributed by atoms with Crippen molar-refractivity contribution in [2.75, 3.05) is 6.61 Å². The summed E-state index contributed by atoms with van der Waals surface area (Å²) in [6, 6.07) is 8.52. The highest BCUT2D eigenvalue weighted by molar-refractivity contribution is 5.67. The molecular formula is C21H32O. The van der Waals surface area contributed by atoms with Crippen molar-refractivity contribution < 1.29 is 4.74 Å². The van der Waals surface area contributed by atoms with Crippen LogP contribution in [0, 0.1) is 5.92 Å². The summed E-state index contributed by atoms with van der Waals surface area (Å²) in [5.41, 5.74) is 3.97. The summed E-state index contributed by atoms with van der Waals surface area (Å²) in [5.74, 6) is 1.60. The highest BCUT2D eigenvalue weighted by Crippen LogP contribution is 2.22. The molecule has 1 unspecified atom stereocenters. The molecule has 0 saturated heterocycles. The molecule has 0 spiro atoms. The van der Waals surface area contributed by atoms with Gasteiger partial charge in [-0.3, -0.25) is 0 Å². The number of hydrogen-bond acceptors (Lipinski definition) is 1. The predicted molar refractivity (Wildman–Crippen MR) is 98.3 cm³/mol. The molecule has 1 aromatic rings. The number of ether oxygens (including phenoxy) is 1. The Morgan fingerprint density at radius 3 is 2.32 bits per heavy atom. The molecule has 1 atom stereocenters. The fourth-order valence-electron chi connectivity index (χ4n) is 2.33. The maximum absolute atomic E-state index is 5.90. The lowest BCUT2D eigenvalue weighted by Gasteiger charge is -2.13. The van der Waals surface area contributed by atoms with Crippen molar-refractivity contribution in [3.05, 3.63) is 47.6 Å². The molecule has 0 saturated carbocycles. The van der Waals surface area contributed by atoms with Crippen LogP contribution in [0.2, 0.25) is 0 Å². The molecule has 0 aliphatic carbocycles. The van der Waals surface area contributed by atoms with Gasteiger partial charge >= 0.3 is 0 Å². The average molecular weight is 300 g/mol. The molecule has 0 aromatic heterocycles. The van der Waals surface area contributed by atoms with Crippen molar-refractivity contribution in [2.45, 2.75) is 60.3 Å². The van der Waals surface area contributed by atoms with Crippen molar-refractivity contribution in [3.63, 3.8) is 0 Å². The first-order valence-corrected chi connectivity index (χ1v) is 8.64. The van der Waals surface area contributed by atoms with Crippen molar-refractivity contribution in [3.8, 4) is 5.75 Å². The van der Waals surface area contributed by atoms with Gasteiger partial charge in [0.15, 0.2) is 0 Å². The summed E-state index contributed by atoms with van der Waals surface area (Å²) in [6.45, 7) is 11.8. The first kappa shape index (κ1) is 18.5.